The van der Waals surface area contributed by atoms with E-state index in [-0.39, 0.29) is 19.2 Å². The Bertz CT molecular complexity index is 745. The molecular weight excluding hydrogens is 410 g/mol. The molecule has 4 aliphatic rings. The summed E-state index contributed by atoms with van der Waals surface area (Å²) in [4.78, 5) is 33.6. The highest BCUT2D eigenvalue weighted by Gasteiger charge is 2.49. The number of carbonyl (C=O) groups excluding carboxylic acids is 2. The number of carbonyl (C=O) groups is 2. The van der Waals surface area contributed by atoms with E-state index in [0.29, 0.717) is 30.7 Å². The maximum Gasteiger partial charge on any atom is 0.418 e. The van der Waals surface area contributed by atoms with Gasteiger partial charge in [-0.25, -0.2) is 10.3 Å². The zero-order chi connectivity index (χ0) is 20.6. The molecule has 3 N–H and O–H groups in total. The number of urea groups is 1. The highest BCUT2D eigenvalue weighted by Crippen LogP contribution is 2.30. The van der Waals surface area contributed by atoms with Crippen molar-refractivity contribution in [2.24, 2.45) is 0 Å². The van der Waals surface area contributed by atoms with E-state index >= 15 is 0 Å². The first-order valence-corrected chi connectivity index (χ1v) is 10.9. The lowest BCUT2D eigenvalue weighted by Crippen LogP contribution is -2.50. The Balaban J connectivity index is 1.23. The molecular formula is C15H25N5O8S. The minimum Gasteiger partial charge on any atom is -0.365 e. The molecule has 14 heteroatoms. The van der Waals surface area contributed by atoms with Crippen molar-refractivity contribution >= 4 is 22.3 Å². The maximum atomic E-state index is 12.5. The number of hydrogen-bond acceptors (Lipinski definition) is 9. The monoisotopic (exact) mass is 435 g/mol. The Kier molecular flexibility index (Phi) is 5.92. The summed E-state index contributed by atoms with van der Waals surface area (Å²) in [7, 11) is -4.82. The molecule has 4 saturated heterocycles. The van der Waals surface area contributed by atoms with Crippen LogP contribution in [0.25, 0.3) is 0 Å². The lowest BCUT2D eigenvalue weighted by atomic mass is 10.0. The van der Waals surface area contributed by atoms with E-state index < -0.39 is 34.4 Å². The van der Waals surface area contributed by atoms with Crippen LogP contribution in [0.2, 0.25) is 0 Å². The second-order valence-corrected chi connectivity index (χ2v) is 8.64. The number of nitrogens with zero attached hydrogens (tertiary/aromatic N) is 3. The second-order valence-electron chi connectivity index (χ2n) is 7.63. The molecule has 13 nitrogen and oxygen atoms in total. The molecule has 0 unspecified atom stereocenters. The molecule has 4 heterocycles. The largest absolute Gasteiger partial charge is 0.418 e. The summed E-state index contributed by atoms with van der Waals surface area (Å²) in [6, 6.07) is -1.63. The van der Waals surface area contributed by atoms with Crippen molar-refractivity contribution in [1.29, 1.82) is 0 Å². The molecule has 0 aliphatic carbocycles. The summed E-state index contributed by atoms with van der Waals surface area (Å²) in [6.45, 7) is 3.57. The van der Waals surface area contributed by atoms with Gasteiger partial charge in [-0.3, -0.25) is 19.1 Å². The standard InChI is InChI=1S/C15H25N5O8S/c21-14(17-27-8-10-5-12(6-16-10)18-3-4-26-9-18)13-2-1-11-7-19(13)15(22)20(11)28-29(23,24)25/h10-13,16H,1-9H2,(H,17,21)(H,23,24,25)/t10-,11+,12+,13-/m0/s1. The van der Waals surface area contributed by atoms with Crippen LogP contribution >= 0.6 is 0 Å². The van der Waals surface area contributed by atoms with Gasteiger partial charge in [0.15, 0.2) is 0 Å². The first kappa shape index (κ1) is 20.7. The van der Waals surface area contributed by atoms with Crippen molar-refractivity contribution in [1.82, 2.24) is 25.7 Å². The van der Waals surface area contributed by atoms with Crippen LogP contribution in [0, 0.1) is 0 Å². The molecule has 0 saturated carbocycles. The predicted octanol–water partition coefficient (Wildman–Crippen LogP) is -1.94. The summed E-state index contributed by atoms with van der Waals surface area (Å²) in [5.74, 6) is -0.479. The van der Waals surface area contributed by atoms with Crippen molar-refractivity contribution < 1.29 is 36.4 Å². The van der Waals surface area contributed by atoms with Gasteiger partial charge >= 0.3 is 16.4 Å². The first-order chi connectivity index (χ1) is 13.8. The summed E-state index contributed by atoms with van der Waals surface area (Å²) >= 11 is 0. The van der Waals surface area contributed by atoms with Crippen molar-refractivity contribution in [2.75, 3.05) is 39.6 Å². The SMILES string of the molecule is O=C(NOC[C@@H]1C[C@@H](N2CCOC2)CN1)[C@@H]1CC[C@@H]2CN1C(=O)N2OS(=O)(=O)O. The number of nitrogens with one attached hydrogen (secondary N) is 2. The summed E-state index contributed by atoms with van der Waals surface area (Å²) in [5.41, 5.74) is 2.39. The van der Waals surface area contributed by atoms with Crippen molar-refractivity contribution in [3.8, 4) is 0 Å². The molecule has 4 aliphatic heterocycles. The van der Waals surface area contributed by atoms with E-state index in [1.54, 1.807) is 0 Å². The van der Waals surface area contributed by atoms with Gasteiger partial charge in [-0.15, -0.1) is 4.28 Å². The minimum atomic E-state index is -4.82. The summed E-state index contributed by atoms with van der Waals surface area (Å²) in [6.07, 6.45) is 1.58. The number of hydrogen-bond donors (Lipinski definition) is 3. The van der Waals surface area contributed by atoms with Crippen LogP contribution in [-0.4, -0.2) is 104 Å². The fraction of sp³-hybridized carbons (Fsp3) is 0.867. The number of amides is 3. The maximum absolute atomic E-state index is 12.5. The highest BCUT2D eigenvalue weighted by atomic mass is 32.3. The molecule has 29 heavy (non-hydrogen) atoms. The lowest BCUT2D eigenvalue weighted by Gasteiger charge is -2.29. The van der Waals surface area contributed by atoms with Gasteiger partial charge in [0.05, 0.1) is 26.0 Å². The van der Waals surface area contributed by atoms with Crippen LogP contribution < -0.4 is 10.8 Å². The van der Waals surface area contributed by atoms with Crippen LogP contribution in [-0.2, 0) is 29.1 Å². The summed E-state index contributed by atoms with van der Waals surface area (Å²) in [5, 5.41) is 3.96. The Morgan fingerprint density at radius 2 is 2.17 bits per heavy atom. The third-order valence-corrected chi connectivity index (χ3v) is 6.10. The third-order valence-electron chi connectivity index (χ3n) is 5.75. The molecule has 4 fully saturated rings. The molecule has 164 valence electrons. The van der Waals surface area contributed by atoms with Gasteiger partial charge in [0, 0.05) is 31.7 Å². The smallest absolute Gasteiger partial charge is 0.365 e. The number of rotatable bonds is 7. The normalized spacial score (nSPS) is 32.9. The van der Waals surface area contributed by atoms with Gasteiger partial charge in [-0.1, -0.05) is 0 Å². The molecule has 0 spiro atoms. The lowest BCUT2D eigenvalue weighted by molar-refractivity contribution is -0.139. The van der Waals surface area contributed by atoms with Crippen LogP contribution in [0.3, 0.4) is 0 Å². The molecule has 0 aromatic heterocycles. The van der Waals surface area contributed by atoms with Crippen LogP contribution in [0.1, 0.15) is 19.3 Å². The minimum absolute atomic E-state index is 0.101. The zero-order valence-electron chi connectivity index (χ0n) is 15.7. The Labute approximate surface area is 168 Å². The van der Waals surface area contributed by atoms with Gasteiger partial charge in [-0.2, -0.15) is 13.5 Å². The molecule has 0 aromatic rings. The molecule has 0 aromatic carbocycles. The third kappa shape index (κ3) is 4.63. The zero-order valence-corrected chi connectivity index (χ0v) is 16.5. The van der Waals surface area contributed by atoms with E-state index in [9.17, 15) is 18.0 Å². The quantitative estimate of drug-likeness (QED) is 0.304. The average molecular weight is 435 g/mol. The van der Waals surface area contributed by atoms with Gasteiger partial charge in [-0.05, 0) is 19.3 Å². The van der Waals surface area contributed by atoms with Crippen molar-refractivity contribution in [2.45, 2.75) is 43.4 Å². The fourth-order valence-electron chi connectivity index (χ4n) is 4.30. The second kappa shape index (κ2) is 8.29. The molecule has 2 bridgehead atoms. The van der Waals surface area contributed by atoms with Crippen molar-refractivity contribution in [3.63, 3.8) is 0 Å². The predicted molar refractivity (Wildman–Crippen MR) is 95.2 cm³/mol. The first-order valence-electron chi connectivity index (χ1n) is 9.55. The Morgan fingerprint density at radius 3 is 2.90 bits per heavy atom. The van der Waals surface area contributed by atoms with Gasteiger partial charge in [0.1, 0.15) is 6.04 Å². The van der Waals surface area contributed by atoms with Crippen LogP contribution in [0.4, 0.5) is 4.79 Å². The van der Waals surface area contributed by atoms with Crippen LogP contribution in [0.15, 0.2) is 0 Å². The summed E-state index contributed by atoms with van der Waals surface area (Å²) < 4.78 is 40.4. The van der Waals surface area contributed by atoms with E-state index in [1.807, 2.05) is 0 Å². The topological polar surface area (TPSA) is 150 Å². The number of fused-ring (bicyclic) bond motifs is 2. The fourth-order valence-corrected chi connectivity index (χ4v) is 4.69. The van der Waals surface area contributed by atoms with Crippen LogP contribution in [0.5, 0.6) is 0 Å². The van der Waals surface area contributed by atoms with Gasteiger partial charge < -0.3 is 15.0 Å². The molecule has 4 rings (SSSR count). The number of hydroxylamine groups is 3. The molecule has 3 amide bonds. The van der Waals surface area contributed by atoms with Gasteiger partial charge in [0.25, 0.3) is 5.91 Å². The number of ether oxygens (including phenoxy) is 1. The number of piperidine rings is 1. The highest BCUT2D eigenvalue weighted by molar-refractivity contribution is 7.80. The van der Waals surface area contributed by atoms with E-state index in [4.69, 9.17) is 14.1 Å². The average Bonchev–Trinajstić information content (AvgIpc) is 3.39. The Hall–Kier alpha value is -1.55. The van der Waals surface area contributed by atoms with E-state index in [1.165, 1.54) is 4.90 Å². The van der Waals surface area contributed by atoms with E-state index in [0.717, 1.165) is 26.1 Å². The molecule has 4 atom stereocenters. The Morgan fingerprint density at radius 1 is 1.34 bits per heavy atom. The van der Waals surface area contributed by atoms with E-state index in [2.05, 4.69) is 20.0 Å². The van der Waals surface area contributed by atoms with Crippen molar-refractivity contribution in [3.05, 3.63) is 0 Å². The molecule has 0 radical (unpaired) electrons. The van der Waals surface area contributed by atoms with Gasteiger partial charge in [0.2, 0.25) is 0 Å².